The molecule has 90 valence electrons. The minimum atomic E-state index is -3.67. The summed E-state index contributed by atoms with van der Waals surface area (Å²) in [5.74, 6) is 0. The molecule has 0 heterocycles. The topological polar surface area (TPSA) is 72.2 Å². The molecule has 0 aliphatic carbocycles. The number of sulfonamides is 1. The molecule has 1 unspecified atom stereocenters. The Balaban J connectivity index is 3.12. The summed E-state index contributed by atoms with van der Waals surface area (Å²) in [5.41, 5.74) is 5.34. The molecule has 3 N–H and O–H groups in total. The minimum Gasteiger partial charge on any atom is -0.329 e. The van der Waals surface area contributed by atoms with E-state index in [0.29, 0.717) is 5.02 Å². The van der Waals surface area contributed by atoms with Gasteiger partial charge in [0.25, 0.3) is 0 Å². The van der Waals surface area contributed by atoms with Crippen molar-refractivity contribution in [2.75, 3.05) is 6.54 Å². The average molecular weight is 283 g/mol. The third kappa shape index (κ3) is 3.33. The van der Waals surface area contributed by atoms with E-state index in [1.54, 1.807) is 6.92 Å². The zero-order valence-electron chi connectivity index (χ0n) is 8.57. The predicted molar refractivity (Wildman–Crippen MR) is 65.3 cm³/mol. The standard InChI is InChI=1S/C9H12Cl2N2O2S/c1-6(5-12)13-16(14,15)9-4-7(10)2-3-8(9)11/h2-4,6,13H,5,12H2,1H3. The van der Waals surface area contributed by atoms with E-state index in [1.807, 2.05) is 0 Å². The van der Waals surface area contributed by atoms with Crippen LogP contribution in [0, 0.1) is 0 Å². The lowest BCUT2D eigenvalue weighted by atomic mass is 10.4. The molecule has 1 atom stereocenters. The summed E-state index contributed by atoms with van der Waals surface area (Å²) in [6, 6.07) is 3.90. The Morgan fingerprint density at radius 2 is 2.06 bits per heavy atom. The lowest BCUT2D eigenvalue weighted by molar-refractivity contribution is 0.563. The Labute approximate surface area is 105 Å². The fraction of sp³-hybridized carbons (Fsp3) is 0.333. The van der Waals surface area contributed by atoms with E-state index in [1.165, 1.54) is 18.2 Å². The average Bonchev–Trinajstić information content (AvgIpc) is 2.20. The van der Waals surface area contributed by atoms with Crippen LogP contribution in [-0.4, -0.2) is 21.0 Å². The van der Waals surface area contributed by atoms with Crippen LogP contribution < -0.4 is 10.5 Å². The Hall–Kier alpha value is -0.330. The van der Waals surface area contributed by atoms with Gasteiger partial charge in [-0.2, -0.15) is 0 Å². The van der Waals surface area contributed by atoms with E-state index in [2.05, 4.69) is 4.72 Å². The molecule has 0 fully saturated rings. The first-order chi connectivity index (χ1) is 7.36. The number of halogens is 2. The first-order valence-corrected chi connectivity index (χ1v) is 6.78. The van der Waals surface area contributed by atoms with Crippen molar-refractivity contribution in [2.45, 2.75) is 17.9 Å². The van der Waals surface area contributed by atoms with Gasteiger partial charge in [-0.3, -0.25) is 0 Å². The summed E-state index contributed by atoms with van der Waals surface area (Å²) in [6.45, 7) is 1.87. The largest absolute Gasteiger partial charge is 0.329 e. The summed E-state index contributed by atoms with van der Waals surface area (Å²) < 4.78 is 26.1. The number of nitrogens with two attached hydrogens (primary N) is 1. The van der Waals surface area contributed by atoms with E-state index in [0.717, 1.165) is 0 Å². The monoisotopic (exact) mass is 282 g/mol. The predicted octanol–water partition coefficient (Wildman–Crippen LogP) is 1.62. The molecular formula is C9H12Cl2N2O2S. The molecule has 4 nitrogen and oxygen atoms in total. The van der Waals surface area contributed by atoms with Gasteiger partial charge in [0.1, 0.15) is 4.90 Å². The van der Waals surface area contributed by atoms with Crippen molar-refractivity contribution in [3.05, 3.63) is 28.2 Å². The van der Waals surface area contributed by atoms with Crippen LogP contribution in [0.2, 0.25) is 10.0 Å². The summed E-state index contributed by atoms with van der Waals surface area (Å²) >= 11 is 11.5. The third-order valence-corrected chi connectivity index (χ3v) is 4.20. The molecule has 0 bridgehead atoms. The fourth-order valence-electron chi connectivity index (χ4n) is 1.06. The van der Waals surface area contributed by atoms with Crippen LogP contribution in [0.4, 0.5) is 0 Å². The van der Waals surface area contributed by atoms with Gasteiger partial charge in [0, 0.05) is 17.6 Å². The van der Waals surface area contributed by atoms with Crippen molar-refractivity contribution in [3.63, 3.8) is 0 Å². The van der Waals surface area contributed by atoms with Crippen LogP contribution in [0.1, 0.15) is 6.92 Å². The summed E-state index contributed by atoms with van der Waals surface area (Å²) in [5, 5.41) is 0.436. The van der Waals surface area contributed by atoms with Crippen LogP contribution in [-0.2, 0) is 10.0 Å². The van der Waals surface area contributed by atoms with Gasteiger partial charge >= 0.3 is 0 Å². The van der Waals surface area contributed by atoms with Crippen LogP contribution in [0.3, 0.4) is 0 Å². The van der Waals surface area contributed by atoms with E-state index < -0.39 is 10.0 Å². The summed E-state index contributed by atoms with van der Waals surface area (Å²) in [7, 11) is -3.67. The number of hydrogen-bond donors (Lipinski definition) is 2. The highest BCUT2D eigenvalue weighted by Crippen LogP contribution is 2.24. The molecule has 1 rings (SSSR count). The van der Waals surface area contributed by atoms with Gasteiger partial charge in [0.15, 0.2) is 0 Å². The van der Waals surface area contributed by atoms with Crippen molar-refractivity contribution in [1.29, 1.82) is 0 Å². The van der Waals surface area contributed by atoms with Gasteiger partial charge in [-0.15, -0.1) is 0 Å². The van der Waals surface area contributed by atoms with Crippen molar-refractivity contribution < 1.29 is 8.42 Å². The highest BCUT2D eigenvalue weighted by Gasteiger charge is 2.20. The SMILES string of the molecule is CC(CN)NS(=O)(=O)c1cc(Cl)ccc1Cl. The van der Waals surface area contributed by atoms with Crippen LogP contribution in [0.25, 0.3) is 0 Å². The van der Waals surface area contributed by atoms with Crippen molar-refractivity contribution in [1.82, 2.24) is 4.72 Å². The van der Waals surface area contributed by atoms with Gasteiger partial charge < -0.3 is 5.73 Å². The molecular weight excluding hydrogens is 271 g/mol. The zero-order valence-corrected chi connectivity index (χ0v) is 10.9. The zero-order chi connectivity index (χ0) is 12.3. The molecule has 1 aromatic rings. The first kappa shape index (κ1) is 13.7. The molecule has 0 aliphatic heterocycles. The smallest absolute Gasteiger partial charge is 0.242 e. The second kappa shape index (κ2) is 5.33. The van der Waals surface area contributed by atoms with Gasteiger partial charge in [0.05, 0.1) is 5.02 Å². The van der Waals surface area contributed by atoms with Crippen molar-refractivity contribution in [2.24, 2.45) is 5.73 Å². The molecule has 16 heavy (non-hydrogen) atoms. The lowest BCUT2D eigenvalue weighted by Crippen LogP contribution is -2.37. The number of benzene rings is 1. The van der Waals surface area contributed by atoms with Gasteiger partial charge in [-0.25, -0.2) is 13.1 Å². The lowest BCUT2D eigenvalue weighted by Gasteiger charge is -2.13. The van der Waals surface area contributed by atoms with Gasteiger partial charge in [-0.1, -0.05) is 23.2 Å². The highest BCUT2D eigenvalue weighted by atomic mass is 35.5. The Kier molecular flexibility index (Phi) is 4.58. The minimum absolute atomic E-state index is 0.0398. The Morgan fingerprint density at radius 1 is 1.44 bits per heavy atom. The van der Waals surface area contributed by atoms with Crippen molar-refractivity contribution >= 4 is 33.2 Å². The Bertz CT molecular complexity index is 476. The molecule has 0 saturated carbocycles. The second-order valence-corrected chi connectivity index (χ2v) is 5.86. The Morgan fingerprint density at radius 3 is 2.62 bits per heavy atom. The van der Waals surface area contributed by atoms with Gasteiger partial charge in [-0.05, 0) is 25.1 Å². The molecule has 1 aromatic carbocycles. The fourth-order valence-corrected chi connectivity index (χ4v) is 3.08. The normalized spacial score (nSPS) is 13.8. The first-order valence-electron chi connectivity index (χ1n) is 4.54. The molecule has 7 heteroatoms. The third-order valence-electron chi connectivity index (χ3n) is 1.89. The van der Waals surface area contributed by atoms with Crippen LogP contribution in [0.5, 0.6) is 0 Å². The number of hydrogen-bond acceptors (Lipinski definition) is 3. The maximum atomic E-state index is 11.9. The number of rotatable bonds is 4. The maximum absolute atomic E-state index is 11.9. The van der Waals surface area contributed by atoms with Crippen molar-refractivity contribution in [3.8, 4) is 0 Å². The second-order valence-electron chi connectivity index (χ2n) is 3.33. The summed E-state index contributed by atoms with van der Waals surface area (Å²) in [6.07, 6.45) is 0. The van der Waals surface area contributed by atoms with E-state index in [9.17, 15) is 8.42 Å². The van der Waals surface area contributed by atoms with E-state index in [-0.39, 0.29) is 22.5 Å². The molecule has 0 spiro atoms. The molecule has 0 saturated heterocycles. The summed E-state index contributed by atoms with van der Waals surface area (Å²) in [4.78, 5) is -0.0398. The van der Waals surface area contributed by atoms with E-state index in [4.69, 9.17) is 28.9 Å². The quantitative estimate of drug-likeness (QED) is 0.882. The van der Waals surface area contributed by atoms with Crippen LogP contribution >= 0.6 is 23.2 Å². The number of nitrogens with one attached hydrogen (secondary N) is 1. The van der Waals surface area contributed by atoms with Gasteiger partial charge in [0.2, 0.25) is 10.0 Å². The molecule has 0 amide bonds. The molecule has 0 aliphatic rings. The highest BCUT2D eigenvalue weighted by molar-refractivity contribution is 7.89. The van der Waals surface area contributed by atoms with E-state index >= 15 is 0 Å². The van der Waals surface area contributed by atoms with Crippen LogP contribution in [0.15, 0.2) is 23.1 Å². The molecule has 0 aromatic heterocycles. The molecule has 0 radical (unpaired) electrons. The maximum Gasteiger partial charge on any atom is 0.242 e.